The van der Waals surface area contributed by atoms with Gasteiger partial charge in [0.2, 0.25) is 0 Å². The summed E-state index contributed by atoms with van der Waals surface area (Å²) in [6, 6.07) is 10.6. The van der Waals surface area contributed by atoms with Crippen LogP contribution in [0, 0.1) is 23.4 Å². The van der Waals surface area contributed by atoms with Gasteiger partial charge in [0, 0.05) is 50.5 Å². The number of rotatable bonds is 5. The van der Waals surface area contributed by atoms with Gasteiger partial charge in [-0.2, -0.15) is 0 Å². The van der Waals surface area contributed by atoms with Gasteiger partial charge in [0.25, 0.3) is 0 Å². The third kappa shape index (κ3) is 5.76. The summed E-state index contributed by atoms with van der Waals surface area (Å²) in [6.07, 6.45) is 0.941. The SMILES string of the molecule is CN=C(NCc1ccccc1F)NCC1CCN(c2ccc(F)c(F)c2)C1.I. The Morgan fingerprint density at radius 3 is 2.57 bits per heavy atom. The van der Waals surface area contributed by atoms with Crippen molar-refractivity contribution in [2.75, 3.05) is 31.6 Å². The molecule has 0 saturated carbocycles. The minimum atomic E-state index is -0.833. The van der Waals surface area contributed by atoms with Gasteiger partial charge >= 0.3 is 0 Å². The van der Waals surface area contributed by atoms with E-state index in [9.17, 15) is 13.2 Å². The highest BCUT2D eigenvalue weighted by Crippen LogP contribution is 2.25. The van der Waals surface area contributed by atoms with Gasteiger partial charge in [-0.1, -0.05) is 18.2 Å². The molecule has 0 amide bonds. The zero-order valence-corrected chi connectivity index (χ0v) is 17.9. The first kappa shape index (κ1) is 22.3. The Labute approximate surface area is 180 Å². The molecule has 1 atom stereocenters. The van der Waals surface area contributed by atoms with E-state index in [-0.39, 0.29) is 29.8 Å². The maximum absolute atomic E-state index is 13.7. The number of benzene rings is 2. The number of hydrogen-bond acceptors (Lipinski definition) is 2. The lowest BCUT2D eigenvalue weighted by Gasteiger charge is -2.19. The van der Waals surface area contributed by atoms with Gasteiger partial charge in [-0.05, 0) is 30.5 Å². The molecule has 2 N–H and O–H groups in total. The Hall–Kier alpha value is -1.97. The molecule has 152 valence electrons. The first-order valence-corrected chi connectivity index (χ1v) is 8.94. The first-order chi connectivity index (χ1) is 13.1. The molecular formula is C20H24F3IN4. The highest BCUT2D eigenvalue weighted by atomic mass is 127. The normalized spacial score (nSPS) is 16.6. The molecule has 2 aromatic rings. The van der Waals surface area contributed by atoms with Crippen LogP contribution in [0.1, 0.15) is 12.0 Å². The highest BCUT2D eigenvalue weighted by Gasteiger charge is 2.23. The van der Waals surface area contributed by atoms with E-state index in [1.807, 2.05) is 4.90 Å². The lowest BCUT2D eigenvalue weighted by Crippen LogP contribution is -2.40. The number of anilines is 1. The molecule has 0 aliphatic carbocycles. The van der Waals surface area contributed by atoms with Crippen molar-refractivity contribution in [3.63, 3.8) is 0 Å². The van der Waals surface area contributed by atoms with Gasteiger partial charge in [0.15, 0.2) is 17.6 Å². The fourth-order valence-electron chi connectivity index (χ4n) is 3.20. The monoisotopic (exact) mass is 504 g/mol. The van der Waals surface area contributed by atoms with E-state index in [1.165, 1.54) is 12.1 Å². The Morgan fingerprint density at radius 1 is 1.07 bits per heavy atom. The molecule has 0 bridgehead atoms. The van der Waals surface area contributed by atoms with E-state index in [0.717, 1.165) is 25.6 Å². The molecule has 0 spiro atoms. The molecule has 3 rings (SSSR count). The average Bonchev–Trinajstić information content (AvgIpc) is 3.14. The minimum Gasteiger partial charge on any atom is -0.371 e. The summed E-state index contributed by atoms with van der Waals surface area (Å²) in [4.78, 5) is 6.21. The molecule has 1 aliphatic rings. The maximum atomic E-state index is 13.7. The molecule has 2 aromatic carbocycles. The van der Waals surface area contributed by atoms with Crippen LogP contribution in [0.2, 0.25) is 0 Å². The third-order valence-electron chi connectivity index (χ3n) is 4.74. The van der Waals surface area contributed by atoms with Crippen LogP contribution >= 0.6 is 24.0 Å². The number of guanidine groups is 1. The van der Waals surface area contributed by atoms with Crippen LogP contribution in [0.15, 0.2) is 47.5 Å². The second-order valence-electron chi connectivity index (χ2n) is 6.60. The van der Waals surface area contributed by atoms with Crippen LogP contribution in [-0.4, -0.2) is 32.6 Å². The van der Waals surface area contributed by atoms with Crippen molar-refractivity contribution >= 4 is 35.6 Å². The van der Waals surface area contributed by atoms with Gasteiger partial charge in [-0.3, -0.25) is 4.99 Å². The lowest BCUT2D eigenvalue weighted by atomic mass is 10.1. The number of nitrogens with one attached hydrogen (secondary N) is 2. The average molecular weight is 504 g/mol. The zero-order valence-electron chi connectivity index (χ0n) is 15.6. The first-order valence-electron chi connectivity index (χ1n) is 8.94. The highest BCUT2D eigenvalue weighted by molar-refractivity contribution is 14.0. The molecular weight excluding hydrogens is 480 g/mol. The van der Waals surface area contributed by atoms with Crippen molar-refractivity contribution in [1.29, 1.82) is 0 Å². The molecule has 4 nitrogen and oxygen atoms in total. The van der Waals surface area contributed by atoms with Crippen molar-refractivity contribution < 1.29 is 13.2 Å². The largest absolute Gasteiger partial charge is 0.371 e. The van der Waals surface area contributed by atoms with E-state index in [1.54, 1.807) is 31.3 Å². The summed E-state index contributed by atoms with van der Waals surface area (Å²) >= 11 is 0. The predicted molar refractivity (Wildman–Crippen MR) is 117 cm³/mol. The molecule has 0 aromatic heterocycles. The molecule has 1 aliphatic heterocycles. The van der Waals surface area contributed by atoms with Crippen molar-refractivity contribution in [3.05, 3.63) is 65.5 Å². The van der Waals surface area contributed by atoms with Crippen LogP contribution in [0.25, 0.3) is 0 Å². The van der Waals surface area contributed by atoms with E-state index in [2.05, 4.69) is 15.6 Å². The summed E-state index contributed by atoms with van der Waals surface area (Å²) < 4.78 is 40.2. The molecule has 8 heteroatoms. The summed E-state index contributed by atoms with van der Waals surface area (Å²) in [5.41, 5.74) is 1.27. The minimum absolute atomic E-state index is 0. The second-order valence-corrected chi connectivity index (χ2v) is 6.60. The van der Waals surface area contributed by atoms with Gasteiger partial charge in [0.1, 0.15) is 5.82 Å². The number of halogens is 4. The van der Waals surface area contributed by atoms with Crippen LogP contribution in [0.5, 0.6) is 0 Å². The third-order valence-corrected chi connectivity index (χ3v) is 4.74. The van der Waals surface area contributed by atoms with E-state index in [0.29, 0.717) is 36.2 Å². The van der Waals surface area contributed by atoms with Crippen molar-refractivity contribution in [2.45, 2.75) is 13.0 Å². The molecule has 28 heavy (non-hydrogen) atoms. The Balaban J connectivity index is 0.00000280. The van der Waals surface area contributed by atoms with Gasteiger partial charge in [0.05, 0.1) is 0 Å². The Morgan fingerprint density at radius 2 is 1.86 bits per heavy atom. The summed E-state index contributed by atoms with van der Waals surface area (Å²) in [5.74, 6) is -0.958. The van der Waals surface area contributed by atoms with E-state index < -0.39 is 11.6 Å². The quantitative estimate of drug-likeness (QED) is 0.369. The van der Waals surface area contributed by atoms with E-state index in [4.69, 9.17) is 0 Å². The summed E-state index contributed by atoms with van der Waals surface area (Å²) in [7, 11) is 1.67. The number of hydrogen-bond donors (Lipinski definition) is 2. The smallest absolute Gasteiger partial charge is 0.191 e. The van der Waals surface area contributed by atoms with Gasteiger partial charge in [-0.15, -0.1) is 24.0 Å². The van der Waals surface area contributed by atoms with Crippen molar-refractivity contribution in [3.8, 4) is 0 Å². The van der Waals surface area contributed by atoms with Crippen molar-refractivity contribution in [1.82, 2.24) is 10.6 Å². The van der Waals surface area contributed by atoms with Gasteiger partial charge < -0.3 is 15.5 Å². The topological polar surface area (TPSA) is 39.7 Å². The summed E-state index contributed by atoms with van der Waals surface area (Å²) in [6.45, 7) is 2.58. The van der Waals surface area contributed by atoms with E-state index >= 15 is 0 Å². The lowest BCUT2D eigenvalue weighted by molar-refractivity contribution is 0.508. The fourth-order valence-corrected chi connectivity index (χ4v) is 3.20. The van der Waals surface area contributed by atoms with Crippen LogP contribution in [0.4, 0.5) is 18.9 Å². The number of aliphatic imine (C=N–C) groups is 1. The van der Waals surface area contributed by atoms with Crippen LogP contribution < -0.4 is 15.5 Å². The van der Waals surface area contributed by atoms with Crippen LogP contribution in [0.3, 0.4) is 0 Å². The predicted octanol–water partition coefficient (Wildman–Crippen LogP) is 3.91. The number of nitrogens with zero attached hydrogens (tertiary/aromatic N) is 2. The molecule has 1 unspecified atom stereocenters. The molecule has 1 fully saturated rings. The van der Waals surface area contributed by atoms with Gasteiger partial charge in [-0.25, -0.2) is 13.2 Å². The van der Waals surface area contributed by atoms with Crippen LogP contribution in [-0.2, 0) is 6.54 Å². The Kier molecular flexibility index (Phi) is 8.40. The standard InChI is InChI=1S/C20H23F3N4.HI/c1-24-20(26-12-15-4-2-3-5-17(15)21)25-11-14-8-9-27(13-14)16-6-7-18(22)19(23)10-16;/h2-7,10,14H,8-9,11-13H2,1H3,(H2,24,25,26);1H. The fraction of sp³-hybridized carbons (Fsp3) is 0.350. The Bertz CT molecular complexity index is 816. The molecule has 1 heterocycles. The summed E-state index contributed by atoms with van der Waals surface area (Å²) in [5, 5.41) is 6.35. The second kappa shape index (κ2) is 10.5. The maximum Gasteiger partial charge on any atom is 0.191 e. The molecule has 1 saturated heterocycles. The molecule has 0 radical (unpaired) electrons. The van der Waals surface area contributed by atoms with Crippen molar-refractivity contribution in [2.24, 2.45) is 10.9 Å². The zero-order chi connectivity index (χ0) is 19.2.